The van der Waals surface area contributed by atoms with Crippen molar-refractivity contribution < 1.29 is 19.4 Å². The minimum atomic E-state index is -0.736. The molecule has 0 aromatic heterocycles. The molecule has 5 heteroatoms. The van der Waals surface area contributed by atoms with Crippen molar-refractivity contribution in [1.29, 1.82) is 0 Å². The summed E-state index contributed by atoms with van der Waals surface area (Å²) in [6.45, 7) is 0. The van der Waals surface area contributed by atoms with Crippen LogP contribution in [0.25, 0.3) is 0 Å². The summed E-state index contributed by atoms with van der Waals surface area (Å²) in [6, 6.07) is 0.360. The summed E-state index contributed by atoms with van der Waals surface area (Å²) >= 11 is 0. The molecule has 0 aliphatic carbocycles. The first-order chi connectivity index (χ1) is 8.11. The topological polar surface area (TPSA) is 66.8 Å². The van der Waals surface area contributed by atoms with Crippen molar-refractivity contribution in [2.45, 2.75) is 50.6 Å². The lowest BCUT2D eigenvalue weighted by atomic mass is 9.77. The molecule has 2 rings (SSSR count). The zero-order valence-corrected chi connectivity index (χ0v) is 10.1. The summed E-state index contributed by atoms with van der Waals surface area (Å²) in [5.74, 6) is -0.525. The van der Waals surface area contributed by atoms with Gasteiger partial charge in [-0.1, -0.05) is 0 Å². The molecule has 1 N–H and O–H groups in total. The van der Waals surface area contributed by atoms with Gasteiger partial charge < -0.3 is 14.7 Å². The van der Waals surface area contributed by atoms with Crippen LogP contribution in [-0.2, 0) is 9.53 Å². The number of amides is 1. The molecule has 5 nitrogen and oxygen atoms in total. The van der Waals surface area contributed by atoms with E-state index in [0.717, 1.165) is 32.1 Å². The summed E-state index contributed by atoms with van der Waals surface area (Å²) in [5, 5.41) is 8.84. The predicted molar refractivity (Wildman–Crippen MR) is 60.6 cm³/mol. The maximum Gasteiger partial charge on any atom is 0.409 e. The highest BCUT2D eigenvalue weighted by Gasteiger charge is 2.41. The number of carbonyl (C=O) groups excluding carboxylic acids is 1. The molecule has 2 bridgehead atoms. The zero-order valence-electron chi connectivity index (χ0n) is 10.1. The molecule has 1 amide bonds. The Hall–Kier alpha value is -1.26. The van der Waals surface area contributed by atoms with Gasteiger partial charge >= 0.3 is 12.1 Å². The third-order valence-corrected chi connectivity index (χ3v) is 3.92. The number of methoxy groups -OCH3 is 1. The first-order valence-corrected chi connectivity index (χ1v) is 6.20. The van der Waals surface area contributed by atoms with Gasteiger partial charge in [0.15, 0.2) is 0 Å². The Morgan fingerprint density at radius 3 is 2.35 bits per heavy atom. The lowest BCUT2D eigenvalue weighted by molar-refractivity contribution is -0.138. The quantitative estimate of drug-likeness (QED) is 0.801. The van der Waals surface area contributed by atoms with Gasteiger partial charge in [-0.2, -0.15) is 0 Å². The lowest BCUT2D eigenvalue weighted by Gasteiger charge is -2.47. The summed E-state index contributed by atoms with van der Waals surface area (Å²) in [4.78, 5) is 24.3. The van der Waals surface area contributed by atoms with E-state index in [-0.39, 0.29) is 30.5 Å². The predicted octanol–water partition coefficient (Wildman–Crippen LogP) is 1.86. The van der Waals surface area contributed by atoms with Crippen molar-refractivity contribution in [2.75, 3.05) is 7.11 Å². The van der Waals surface area contributed by atoms with Crippen LogP contribution >= 0.6 is 0 Å². The first-order valence-electron chi connectivity index (χ1n) is 6.20. The summed E-state index contributed by atoms with van der Waals surface area (Å²) in [6.07, 6.45) is 4.65. The Morgan fingerprint density at radius 2 is 1.88 bits per heavy atom. The van der Waals surface area contributed by atoms with Gasteiger partial charge in [0.05, 0.1) is 7.11 Å². The summed E-state index contributed by atoms with van der Waals surface area (Å²) in [7, 11) is 1.40. The molecule has 2 aliphatic rings. The van der Waals surface area contributed by atoms with Crippen LogP contribution in [0, 0.1) is 5.92 Å². The molecule has 0 spiro atoms. The SMILES string of the molecule is COC(=O)N1C2CCCC1CC(CC(=O)O)C2. The molecule has 2 unspecified atom stereocenters. The van der Waals surface area contributed by atoms with E-state index in [0.29, 0.717) is 0 Å². The van der Waals surface area contributed by atoms with E-state index in [9.17, 15) is 9.59 Å². The second kappa shape index (κ2) is 4.94. The van der Waals surface area contributed by atoms with Crippen molar-refractivity contribution in [3.63, 3.8) is 0 Å². The number of ether oxygens (including phenoxy) is 1. The number of carboxylic acid groups (broad SMARTS) is 1. The molecule has 0 aromatic rings. The molecule has 2 saturated heterocycles. The van der Waals surface area contributed by atoms with Gasteiger partial charge in [0.2, 0.25) is 0 Å². The molecular weight excluding hydrogens is 222 g/mol. The van der Waals surface area contributed by atoms with E-state index in [1.807, 2.05) is 4.90 Å². The van der Waals surface area contributed by atoms with E-state index in [4.69, 9.17) is 9.84 Å². The average Bonchev–Trinajstić information content (AvgIpc) is 2.26. The fraction of sp³-hybridized carbons (Fsp3) is 0.833. The van der Waals surface area contributed by atoms with E-state index in [1.165, 1.54) is 7.11 Å². The van der Waals surface area contributed by atoms with E-state index < -0.39 is 5.97 Å². The lowest BCUT2D eigenvalue weighted by Crippen LogP contribution is -2.54. The van der Waals surface area contributed by atoms with E-state index in [1.54, 1.807) is 0 Å². The Morgan fingerprint density at radius 1 is 1.29 bits per heavy atom. The van der Waals surface area contributed by atoms with Gasteiger partial charge in [-0.05, 0) is 38.0 Å². The molecule has 2 fully saturated rings. The molecular formula is C12H19NO4. The first kappa shape index (κ1) is 12.2. The monoisotopic (exact) mass is 241 g/mol. The van der Waals surface area contributed by atoms with Gasteiger partial charge in [-0.3, -0.25) is 4.79 Å². The van der Waals surface area contributed by atoms with Gasteiger partial charge in [0, 0.05) is 18.5 Å². The van der Waals surface area contributed by atoms with Crippen LogP contribution in [-0.4, -0.2) is 41.3 Å². The third kappa shape index (κ3) is 2.53. The number of fused-ring (bicyclic) bond motifs is 2. The molecule has 2 atom stereocenters. The number of carbonyl (C=O) groups is 2. The smallest absolute Gasteiger partial charge is 0.409 e. The number of nitrogens with zero attached hydrogens (tertiary/aromatic N) is 1. The second-order valence-electron chi connectivity index (χ2n) is 5.05. The Labute approximate surface area is 101 Å². The molecule has 17 heavy (non-hydrogen) atoms. The van der Waals surface area contributed by atoms with Crippen LogP contribution in [0.4, 0.5) is 4.79 Å². The van der Waals surface area contributed by atoms with Crippen molar-refractivity contribution in [3.05, 3.63) is 0 Å². The minimum absolute atomic E-state index is 0.180. The van der Waals surface area contributed by atoms with Crippen LogP contribution in [0.3, 0.4) is 0 Å². The molecule has 0 aromatic carbocycles. The number of rotatable bonds is 2. The largest absolute Gasteiger partial charge is 0.481 e. The van der Waals surface area contributed by atoms with Gasteiger partial charge in [-0.15, -0.1) is 0 Å². The van der Waals surface area contributed by atoms with Crippen LogP contribution in [0.15, 0.2) is 0 Å². The average molecular weight is 241 g/mol. The molecule has 2 heterocycles. The fourth-order valence-corrected chi connectivity index (χ4v) is 3.31. The highest BCUT2D eigenvalue weighted by Crippen LogP contribution is 2.38. The number of hydrogen-bond acceptors (Lipinski definition) is 3. The number of hydrogen-bond donors (Lipinski definition) is 1. The van der Waals surface area contributed by atoms with Crippen molar-refractivity contribution >= 4 is 12.1 Å². The minimum Gasteiger partial charge on any atom is -0.481 e. The third-order valence-electron chi connectivity index (χ3n) is 3.92. The van der Waals surface area contributed by atoms with Crippen LogP contribution in [0.5, 0.6) is 0 Å². The van der Waals surface area contributed by atoms with Crippen LogP contribution < -0.4 is 0 Å². The van der Waals surface area contributed by atoms with E-state index in [2.05, 4.69) is 0 Å². The highest BCUT2D eigenvalue weighted by atomic mass is 16.5. The maximum atomic E-state index is 11.7. The maximum absolute atomic E-state index is 11.7. The molecule has 2 aliphatic heterocycles. The van der Waals surface area contributed by atoms with Crippen molar-refractivity contribution in [1.82, 2.24) is 4.90 Å². The zero-order chi connectivity index (χ0) is 12.4. The fourth-order valence-electron chi connectivity index (χ4n) is 3.31. The molecule has 0 saturated carbocycles. The molecule has 0 radical (unpaired) electrons. The Balaban J connectivity index is 2.05. The Bertz CT molecular complexity index is 304. The summed E-state index contributed by atoms with van der Waals surface area (Å²) in [5.41, 5.74) is 0. The van der Waals surface area contributed by atoms with Crippen molar-refractivity contribution in [3.8, 4) is 0 Å². The normalized spacial score (nSPS) is 32.1. The second-order valence-corrected chi connectivity index (χ2v) is 5.05. The van der Waals surface area contributed by atoms with Gasteiger partial charge in [0.1, 0.15) is 0 Å². The van der Waals surface area contributed by atoms with Crippen molar-refractivity contribution in [2.24, 2.45) is 5.92 Å². The number of piperidine rings is 2. The standard InChI is InChI=1S/C12H19NO4/c1-17-12(16)13-9-3-2-4-10(13)6-8(5-9)7-11(14)15/h8-10H,2-7H2,1H3,(H,14,15). The Kier molecular flexibility index (Phi) is 3.54. The van der Waals surface area contributed by atoms with Crippen LogP contribution in [0.2, 0.25) is 0 Å². The van der Waals surface area contributed by atoms with Gasteiger partial charge in [-0.25, -0.2) is 4.79 Å². The van der Waals surface area contributed by atoms with E-state index >= 15 is 0 Å². The molecule has 96 valence electrons. The highest BCUT2D eigenvalue weighted by molar-refractivity contribution is 5.69. The summed E-state index contributed by atoms with van der Waals surface area (Å²) < 4.78 is 4.81. The number of aliphatic carboxylic acids is 1. The van der Waals surface area contributed by atoms with Gasteiger partial charge in [0.25, 0.3) is 0 Å². The number of carboxylic acids is 1. The van der Waals surface area contributed by atoms with Crippen LogP contribution in [0.1, 0.15) is 38.5 Å².